The lowest BCUT2D eigenvalue weighted by Crippen LogP contribution is -1.77. The smallest absolute Gasteiger partial charge is 0.226 e. The van der Waals surface area contributed by atoms with Crippen LogP contribution in [0.3, 0.4) is 0 Å². The van der Waals surface area contributed by atoms with Gasteiger partial charge in [-0.2, -0.15) is 0 Å². The van der Waals surface area contributed by atoms with Crippen molar-refractivity contribution in [3.05, 3.63) is 42.7 Å². The number of nitrogens with zero attached hydrogens (tertiary/aromatic N) is 1. The number of fused-ring (bicyclic) bond motifs is 2. The number of pyridine rings is 1. The van der Waals surface area contributed by atoms with Crippen LogP contribution in [0.15, 0.2) is 47.1 Å². The molecule has 0 N–H and O–H groups in total. The van der Waals surface area contributed by atoms with Gasteiger partial charge in [0.25, 0.3) is 0 Å². The summed E-state index contributed by atoms with van der Waals surface area (Å²) in [4.78, 5) is 4.37. The monoisotopic (exact) mass is 169 g/mol. The van der Waals surface area contributed by atoms with Crippen LogP contribution in [-0.4, -0.2) is 4.98 Å². The van der Waals surface area contributed by atoms with Crippen LogP contribution in [0.4, 0.5) is 0 Å². The van der Waals surface area contributed by atoms with Crippen molar-refractivity contribution in [1.82, 2.24) is 4.98 Å². The Bertz CT molecular complexity index is 519. The Hall–Kier alpha value is -1.83. The third kappa shape index (κ3) is 0.920. The van der Waals surface area contributed by atoms with E-state index in [-0.39, 0.29) is 0 Å². The number of para-hydroxylation sites is 1. The van der Waals surface area contributed by atoms with Crippen molar-refractivity contribution in [2.24, 2.45) is 0 Å². The second kappa shape index (κ2) is 2.33. The maximum absolute atomic E-state index is 5.21. The van der Waals surface area contributed by atoms with Gasteiger partial charge in [0.05, 0.1) is 11.8 Å². The summed E-state index contributed by atoms with van der Waals surface area (Å²) in [5.74, 6) is 0. The van der Waals surface area contributed by atoms with Crippen molar-refractivity contribution in [3.63, 3.8) is 0 Å². The largest absolute Gasteiger partial charge is 0.446 e. The first kappa shape index (κ1) is 6.66. The van der Waals surface area contributed by atoms with Gasteiger partial charge in [-0.3, -0.25) is 0 Å². The molecule has 0 aliphatic carbocycles. The molecule has 2 heteroatoms. The molecule has 0 amide bonds. The molecule has 0 spiro atoms. The second-order valence-electron chi connectivity index (χ2n) is 3.00. The Balaban J connectivity index is 2.57. The predicted molar refractivity (Wildman–Crippen MR) is 51.5 cm³/mol. The van der Waals surface area contributed by atoms with Crippen LogP contribution in [0.25, 0.3) is 22.0 Å². The standard InChI is InChI=1S/C11H7NO/c1-2-4-10-8(3-1)7-9-5-6-13-11(9)12-10/h1-7H. The van der Waals surface area contributed by atoms with E-state index in [1.165, 1.54) is 0 Å². The van der Waals surface area contributed by atoms with Crippen LogP contribution in [0, 0.1) is 0 Å². The highest BCUT2D eigenvalue weighted by Gasteiger charge is 1.99. The zero-order valence-electron chi connectivity index (χ0n) is 6.90. The summed E-state index contributed by atoms with van der Waals surface area (Å²) in [6, 6.07) is 12.0. The molecule has 0 bridgehead atoms. The molecule has 0 atom stereocenters. The minimum atomic E-state index is 0.707. The van der Waals surface area contributed by atoms with E-state index < -0.39 is 0 Å². The summed E-state index contributed by atoms with van der Waals surface area (Å²) in [5, 5.41) is 2.20. The van der Waals surface area contributed by atoms with Crippen molar-refractivity contribution in [2.75, 3.05) is 0 Å². The fourth-order valence-electron chi connectivity index (χ4n) is 1.50. The van der Waals surface area contributed by atoms with Crippen LogP contribution < -0.4 is 0 Å². The minimum Gasteiger partial charge on any atom is -0.446 e. The van der Waals surface area contributed by atoms with Crippen LogP contribution in [0.1, 0.15) is 0 Å². The molecule has 0 saturated heterocycles. The molecule has 0 unspecified atom stereocenters. The lowest BCUT2D eigenvalue weighted by atomic mass is 10.2. The first-order chi connectivity index (χ1) is 6.43. The number of hydrogen-bond donors (Lipinski definition) is 0. The van der Waals surface area contributed by atoms with E-state index in [1.54, 1.807) is 6.26 Å². The zero-order chi connectivity index (χ0) is 8.67. The van der Waals surface area contributed by atoms with Crippen LogP contribution in [-0.2, 0) is 0 Å². The van der Waals surface area contributed by atoms with Gasteiger partial charge >= 0.3 is 0 Å². The Morgan fingerprint density at radius 1 is 1.00 bits per heavy atom. The topological polar surface area (TPSA) is 26.0 Å². The van der Waals surface area contributed by atoms with Gasteiger partial charge in [0, 0.05) is 10.8 Å². The van der Waals surface area contributed by atoms with E-state index in [9.17, 15) is 0 Å². The fourth-order valence-corrected chi connectivity index (χ4v) is 1.50. The van der Waals surface area contributed by atoms with E-state index in [2.05, 4.69) is 17.1 Å². The molecule has 3 aromatic rings. The molecule has 62 valence electrons. The number of rotatable bonds is 0. The number of furan rings is 1. The molecule has 1 aromatic carbocycles. The van der Waals surface area contributed by atoms with Gasteiger partial charge in [0.15, 0.2) is 0 Å². The average molecular weight is 169 g/mol. The Labute approximate surface area is 74.8 Å². The third-order valence-electron chi connectivity index (χ3n) is 2.14. The van der Waals surface area contributed by atoms with Gasteiger partial charge in [-0.25, -0.2) is 4.98 Å². The van der Waals surface area contributed by atoms with Crippen molar-refractivity contribution >= 4 is 22.0 Å². The Kier molecular flexibility index (Phi) is 1.19. The fraction of sp³-hybridized carbons (Fsp3) is 0. The molecule has 0 aliphatic rings. The predicted octanol–water partition coefficient (Wildman–Crippen LogP) is 2.98. The SMILES string of the molecule is c1ccc2nc3occc3cc2c1. The van der Waals surface area contributed by atoms with Crippen molar-refractivity contribution in [2.45, 2.75) is 0 Å². The normalized spacial score (nSPS) is 11.1. The van der Waals surface area contributed by atoms with Gasteiger partial charge in [-0.15, -0.1) is 0 Å². The molecule has 2 heterocycles. The second-order valence-corrected chi connectivity index (χ2v) is 3.00. The summed E-state index contributed by atoms with van der Waals surface area (Å²) in [7, 11) is 0. The quantitative estimate of drug-likeness (QED) is 0.517. The highest BCUT2D eigenvalue weighted by atomic mass is 16.3. The first-order valence-corrected chi connectivity index (χ1v) is 4.16. The average Bonchev–Trinajstić information content (AvgIpc) is 2.61. The number of benzene rings is 1. The number of hydrogen-bond acceptors (Lipinski definition) is 2. The highest BCUT2D eigenvalue weighted by molar-refractivity contribution is 5.90. The van der Waals surface area contributed by atoms with E-state index in [4.69, 9.17) is 4.42 Å². The maximum atomic E-state index is 5.21. The molecule has 2 aromatic heterocycles. The molecule has 2 nitrogen and oxygen atoms in total. The lowest BCUT2D eigenvalue weighted by Gasteiger charge is -1.94. The summed E-state index contributed by atoms with van der Waals surface area (Å²) in [6.45, 7) is 0. The van der Waals surface area contributed by atoms with Gasteiger partial charge in [0.2, 0.25) is 5.71 Å². The highest BCUT2D eigenvalue weighted by Crippen LogP contribution is 2.19. The molecular formula is C11H7NO. The van der Waals surface area contributed by atoms with Gasteiger partial charge < -0.3 is 4.42 Å². The van der Waals surface area contributed by atoms with E-state index in [1.807, 2.05) is 24.3 Å². The summed E-state index contributed by atoms with van der Waals surface area (Å²) in [6.07, 6.45) is 1.66. The minimum absolute atomic E-state index is 0.707. The molecule has 0 radical (unpaired) electrons. The maximum Gasteiger partial charge on any atom is 0.226 e. The van der Waals surface area contributed by atoms with Gasteiger partial charge in [-0.05, 0) is 18.2 Å². The zero-order valence-corrected chi connectivity index (χ0v) is 6.90. The van der Waals surface area contributed by atoms with Crippen LogP contribution in [0.2, 0.25) is 0 Å². The molecular weight excluding hydrogens is 162 g/mol. The Morgan fingerprint density at radius 2 is 1.92 bits per heavy atom. The lowest BCUT2D eigenvalue weighted by molar-refractivity contribution is 0.604. The van der Waals surface area contributed by atoms with Crippen molar-refractivity contribution < 1.29 is 4.42 Å². The van der Waals surface area contributed by atoms with Crippen LogP contribution >= 0.6 is 0 Å². The molecule has 0 fully saturated rings. The van der Waals surface area contributed by atoms with Gasteiger partial charge in [-0.1, -0.05) is 18.2 Å². The van der Waals surface area contributed by atoms with E-state index >= 15 is 0 Å². The van der Waals surface area contributed by atoms with E-state index in [0.717, 1.165) is 16.3 Å². The van der Waals surface area contributed by atoms with E-state index in [0.29, 0.717) is 5.71 Å². The van der Waals surface area contributed by atoms with Crippen molar-refractivity contribution in [1.29, 1.82) is 0 Å². The number of aromatic nitrogens is 1. The summed E-state index contributed by atoms with van der Waals surface area (Å²) >= 11 is 0. The molecule has 0 aliphatic heterocycles. The molecule has 3 rings (SSSR count). The molecule has 0 saturated carbocycles. The Morgan fingerprint density at radius 3 is 2.92 bits per heavy atom. The third-order valence-corrected chi connectivity index (χ3v) is 2.14. The first-order valence-electron chi connectivity index (χ1n) is 4.16. The summed E-state index contributed by atoms with van der Waals surface area (Å²) < 4.78 is 5.21. The molecule has 13 heavy (non-hydrogen) atoms. The van der Waals surface area contributed by atoms with Crippen molar-refractivity contribution in [3.8, 4) is 0 Å². The van der Waals surface area contributed by atoms with Crippen LogP contribution in [0.5, 0.6) is 0 Å². The summed E-state index contributed by atoms with van der Waals surface area (Å²) in [5.41, 5.74) is 1.68. The van der Waals surface area contributed by atoms with Gasteiger partial charge in [0.1, 0.15) is 0 Å².